The summed E-state index contributed by atoms with van der Waals surface area (Å²) in [7, 11) is 6.36. The fourth-order valence-electron chi connectivity index (χ4n) is 3.85. The molecule has 1 aliphatic heterocycles. The van der Waals surface area contributed by atoms with Gasteiger partial charge >= 0.3 is 5.91 Å². The Morgan fingerprint density at radius 1 is 1.32 bits per heavy atom. The first-order chi connectivity index (χ1) is 10.3. The number of hydrogen-bond donors (Lipinski definition) is 2. The van der Waals surface area contributed by atoms with Crippen LogP contribution < -0.4 is 10.7 Å². The average molecular weight is 305 g/mol. The molecule has 8 heteroatoms. The molecule has 2 aliphatic rings. The minimum absolute atomic E-state index is 0.130. The SMILES string of the molecule is COC1(OC)[NH+]=C(N)[C@]2(C#N)/C(=N\N(C)C)C[C@@H](C)[C@@]12C#N. The number of ether oxygens (including phenoxy) is 2. The molecule has 2 rings (SSSR count). The smallest absolute Gasteiger partial charge is 0.317 e. The summed E-state index contributed by atoms with van der Waals surface area (Å²) in [5, 5.41) is 26.0. The van der Waals surface area contributed by atoms with Crippen LogP contribution in [0, 0.1) is 39.4 Å². The first-order valence-electron chi connectivity index (χ1n) is 6.91. The predicted octanol–water partition coefficient (Wildman–Crippen LogP) is -1.64. The Hall–Kier alpha value is -2.16. The Balaban J connectivity index is 2.86. The van der Waals surface area contributed by atoms with Crippen molar-refractivity contribution in [2.75, 3.05) is 28.3 Å². The zero-order valence-corrected chi connectivity index (χ0v) is 13.5. The Morgan fingerprint density at radius 3 is 2.32 bits per heavy atom. The minimum atomic E-state index is -1.50. The van der Waals surface area contributed by atoms with Gasteiger partial charge in [-0.1, -0.05) is 6.92 Å². The number of fused-ring (bicyclic) bond motifs is 1. The zero-order valence-electron chi connectivity index (χ0n) is 13.5. The lowest BCUT2D eigenvalue weighted by Crippen LogP contribution is -2.90. The van der Waals surface area contributed by atoms with Crippen LogP contribution in [0.5, 0.6) is 0 Å². The second kappa shape index (κ2) is 4.94. The van der Waals surface area contributed by atoms with Crippen LogP contribution in [0.25, 0.3) is 0 Å². The van der Waals surface area contributed by atoms with Crippen LogP contribution in [0.2, 0.25) is 0 Å². The van der Waals surface area contributed by atoms with E-state index in [1.807, 2.05) is 6.92 Å². The molecular formula is C14H21N6O2+. The molecule has 0 amide bonds. The Kier molecular flexibility index (Phi) is 3.64. The summed E-state index contributed by atoms with van der Waals surface area (Å²) in [5.41, 5.74) is 3.95. The molecule has 0 spiro atoms. The number of nitrogens with zero attached hydrogens (tertiary/aromatic N) is 4. The van der Waals surface area contributed by atoms with Gasteiger partial charge < -0.3 is 14.5 Å². The molecule has 22 heavy (non-hydrogen) atoms. The van der Waals surface area contributed by atoms with Crippen LogP contribution in [-0.2, 0) is 9.47 Å². The monoisotopic (exact) mass is 305 g/mol. The summed E-state index contributed by atoms with van der Waals surface area (Å²) in [4.78, 5) is 2.89. The zero-order chi connectivity index (χ0) is 16.8. The van der Waals surface area contributed by atoms with Crippen LogP contribution in [0.3, 0.4) is 0 Å². The van der Waals surface area contributed by atoms with E-state index in [9.17, 15) is 10.5 Å². The van der Waals surface area contributed by atoms with E-state index in [1.165, 1.54) is 14.2 Å². The summed E-state index contributed by atoms with van der Waals surface area (Å²) in [5.74, 6) is -1.61. The third kappa shape index (κ3) is 1.46. The number of hydrazone groups is 1. The Labute approximate surface area is 129 Å². The van der Waals surface area contributed by atoms with Crippen molar-refractivity contribution in [2.24, 2.45) is 27.6 Å². The van der Waals surface area contributed by atoms with E-state index in [1.54, 1.807) is 19.1 Å². The van der Waals surface area contributed by atoms with Gasteiger partial charge in [0.25, 0.3) is 5.84 Å². The number of amidine groups is 1. The van der Waals surface area contributed by atoms with Crippen molar-refractivity contribution in [2.45, 2.75) is 19.3 Å². The fourth-order valence-corrected chi connectivity index (χ4v) is 3.85. The van der Waals surface area contributed by atoms with Crippen LogP contribution >= 0.6 is 0 Å². The standard InChI is InChI=1S/C14H20N6O2/c1-9-6-10(19-20(2)3)12(7-15)11(17)18-14(21-4,22-5)13(9,12)8-16/h9H,6H2,1-5H3,(H2,17,18)/p+1/b19-10-/t9-,12+,13-/m1/s1. The van der Waals surface area contributed by atoms with E-state index in [-0.39, 0.29) is 11.8 Å². The molecule has 8 nitrogen and oxygen atoms in total. The largest absolute Gasteiger partial charge is 0.342 e. The Morgan fingerprint density at radius 2 is 1.91 bits per heavy atom. The summed E-state index contributed by atoms with van der Waals surface area (Å²) in [6.45, 7) is 1.88. The summed E-state index contributed by atoms with van der Waals surface area (Å²) in [6.07, 6.45) is 0.455. The van der Waals surface area contributed by atoms with Crippen molar-refractivity contribution in [1.82, 2.24) is 5.01 Å². The van der Waals surface area contributed by atoms with Gasteiger partial charge in [-0.3, -0.25) is 5.73 Å². The number of hydrogen-bond acceptors (Lipinski definition) is 7. The minimum Gasteiger partial charge on any atom is -0.317 e. The van der Waals surface area contributed by atoms with Crippen molar-refractivity contribution in [3.05, 3.63) is 0 Å². The lowest BCUT2D eigenvalue weighted by molar-refractivity contribution is -0.692. The molecule has 3 N–H and O–H groups in total. The highest BCUT2D eigenvalue weighted by atomic mass is 16.7. The topological polar surface area (TPSA) is 122 Å². The number of rotatable bonds is 3. The fraction of sp³-hybridized carbons (Fsp3) is 0.714. The third-order valence-corrected chi connectivity index (χ3v) is 4.73. The van der Waals surface area contributed by atoms with E-state index >= 15 is 0 Å². The van der Waals surface area contributed by atoms with Crippen LogP contribution in [0.1, 0.15) is 13.3 Å². The van der Waals surface area contributed by atoms with Crippen molar-refractivity contribution in [3.63, 3.8) is 0 Å². The van der Waals surface area contributed by atoms with Crippen LogP contribution in [0.4, 0.5) is 0 Å². The molecule has 0 aromatic heterocycles. The van der Waals surface area contributed by atoms with E-state index in [0.717, 1.165) is 0 Å². The van der Waals surface area contributed by atoms with Gasteiger partial charge in [0.1, 0.15) is 0 Å². The first-order valence-corrected chi connectivity index (χ1v) is 6.91. The molecular weight excluding hydrogens is 284 g/mol. The second-order valence-electron chi connectivity index (χ2n) is 5.84. The van der Waals surface area contributed by atoms with Gasteiger partial charge in [0.2, 0.25) is 5.41 Å². The van der Waals surface area contributed by atoms with Crippen molar-refractivity contribution < 1.29 is 14.5 Å². The van der Waals surface area contributed by atoms with Crippen molar-refractivity contribution >= 4 is 11.5 Å². The normalized spacial score (nSPS) is 37.3. The summed E-state index contributed by atoms with van der Waals surface area (Å²) in [6, 6.07) is 4.50. The second-order valence-corrected chi connectivity index (χ2v) is 5.84. The third-order valence-electron chi connectivity index (χ3n) is 4.73. The van der Waals surface area contributed by atoms with Gasteiger partial charge in [0.15, 0.2) is 5.41 Å². The van der Waals surface area contributed by atoms with Gasteiger partial charge in [-0.05, 0) is 12.3 Å². The predicted molar refractivity (Wildman–Crippen MR) is 77.9 cm³/mol. The van der Waals surface area contributed by atoms with Gasteiger partial charge in [-0.25, -0.2) is 4.99 Å². The molecule has 118 valence electrons. The highest BCUT2D eigenvalue weighted by Crippen LogP contribution is 2.60. The first kappa shape index (κ1) is 16.2. The Bertz CT molecular complexity index is 624. The molecule has 0 bridgehead atoms. The van der Waals surface area contributed by atoms with Crippen molar-refractivity contribution in [3.8, 4) is 12.1 Å². The highest BCUT2D eigenvalue weighted by Gasteiger charge is 2.83. The van der Waals surface area contributed by atoms with Crippen LogP contribution in [-0.4, -0.2) is 50.8 Å². The molecule has 0 unspecified atom stereocenters. The quantitative estimate of drug-likeness (QED) is 0.476. The highest BCUT2D eigenvalue weighted by molar-refractivity contribution is 6.15. The maximum atomic E-state index is 10.0. The van der Waals surface area contributed by atoms with E-state index in [4.69, 9.17) is 15.2 Å². The van der Waals surface area contributed by atoms with E-state index < -0.39 is 16.7 Å². The van der Waals surface area contributed by atoms with Crippen molar-refractivity contribution in [1.29, 1.82) is 10.5 Å². The number of methoxy groups -OCH3 is 2. The maximum Gasteiger partial charge on any atom is 0.342 e. The molecule has 0 saturated heterocycles. The van der Waals surface area contributed by atoms with E-state index in [0.29, 0.717) is 12.1 Å². The number of nitrogens with one attached hydrogen (secondary N) is 1. The lowest BCUT2D eigenvalue weighted by atomic mass is 9.62. The molecule has 0 aromatic carbocycles. The molecule has 3 atom stereocenters. The van der Waals surface area contributed by atoms with Gasteiger partial charge in [0.05, 0.1) is 17.9 Å². The van der Waals surface area contributed by atoms with Gasteiger partial charge in [0, 0.05) is 28.3 Å². The van der Waals surface area contributed by atoms with Gasteiger partial charge in [-0.15, -0.1) is 0 Å². The maximum absolute atomic E-state index is 10.0. The molecule has 1 heterocycles. The average Bonchev–Trinajstić information content (AvgIpc) is 2.86. The summed E-state index contributed by atoms with van der Waals surface area (Å²) >= 11 is 0. The lowest BCUT2D eigenvalue weighted by Gasteiger charge is -2.38. The summed E-state index contributed by atoms with van der Waals surface area (Å²) < 4.78 is 11.0. The van der Waals surface area contributed by atoms with Crippen LogP contribution in [0.15, 0.2) is 5.10 Å². The molecule has 1 fully saturated rings. The molecule has 1 aliphatic carbocycles. The van der Waals surface area contributed by atoms with E-state index in [2.05, 4.69) is 22.2 Å². The number of nitrogens with two attached hydrogens (primary N) is 1. The molecule has 0 aromatic rings. The molecule has 0 radical (unpaired) electrons. The van der Waals surface area contributed by atoms with Gasteiger partial charge in [-0.2, -0.15) is 15.6 Å². The molecule has 1 saturated carbocycles. The number of nitriles is 2.